The van der Waals surface area contributed by atoms with Gasteiger partial charge in [-0.3, -0.25) is 5.41 Å². The van der Waals surface area contributed by atoms with E-state index in [1.807, 2.05) is 0 Å². The second kappa shape index (κ2) is 5.07. The maximum Gasteiger partial charge on any atom is 0.433 e. The first-order valence-corrected chi connectivity index (χ1v) is 6.01. The Morgan fingerprint density at radius 2 is 2.11 bits per heavy atom. The molecule has 19 heavy (non-hydrogen) atoms. The molecule has 3 N–H and O–H groups in total. The number of rotatable bonds is 5. The molecule has 104 valence electrons. The van der Waals surface area contributed by atoms with Crippen molar-refractivity contribution in [1.82, 2.24) is 4.98 Å². The van der Waals surface area contributed by atoms with Gasteiger partial charge in [-0.25, -0.2) is 4.98 Å². The van der Waals surface area contributed by atoms with Gasteiger partial charge in [0.25, 0.3) is 0 Å². The number of hydrogen-bond donors (Lipinski definition) is 2. The number of nitrogens with one attached hydrogen (secondary N) is 1. The van der Waals surface area contributed by atoms with Gasteiger partial charge >= 0.3 is 6.18 Å². The topological polar surface area (TPSA) is 66.0 Å². The third kappa shape index (κ3) is 3.59. The van der Waals surface area contributed by atoms with Crippen molar-refractivity contribution in [3.63, 3.8) is 0 Å². The Morgan fingerprint density at radius 3 is 2.63 bits per heavy atom. The molecule has 7 heteroatoms. The molecule has 0 spiro atoms. The van der Waals surface area contributed by atoms with Gasteiger partial charge in [-0.15, -0.1) is 0 Å². The summed E-state index contributed by atoms with van der Waals surface area (Å²) in [6.45, 7) is 0.425. The highest BCUT2D eigenvalue weighted by molar-refractivity contribution is 5.77. The molecule has 1 fully saturated rings. The van der Waals surface area contributed by atoms with Crippen LogP contribution in [0.2, 0.25) is 0 Å². The van der Waals surface area contributed by atoms with E-state index in [0.717, 1.165) is 18.9 Å². The molecule has 0 radical (unpaired) electrons. The quantitative estimate of drug-likeness (QED) is 0.639. The van der Waals surface area contributed by atoms with Crippen molar-refractivity contribution in [2.45, 2.75) is 31.5 Å². The van der Waals surface area contributed by atoms with E-state index in [-0.39, 0.29) is 11.9 Å². The molecule has 0 amide bonds. The highest BCUT2D eigenvalue weighted by atomic mass is 19.4. The number of amidine groups is 1. The maximum absolute atomic E-state index is 12.6. The molecule has 2 rings (SSSR count). The Morgan fingerprint density at radius 1 is 1.42 bits per heavy atom. The Bertz CT molecular complexity index is 468. The van der Waals surface area contributed by atoms with Crippen molar-refractivity contribution in [2.75, 3.05) is 11.4 Å². The molecule has 0 bridgehead atoms. The van der Waals surface area contributed by atoms with E-state index in [4.69, 9.17) is 11.1 Å². The van der Waals surface area contributed by atoms with Crippen molar-refractivity contribution in [3.8, 4) is 0 Å². The summed E-state index contributed by atoms with van der Waals surface area (Å²) < 4.78 is 37.9. The summed E-state index contributed by atoms with van der Waals surface area (Å²) in [5.41, 5.74) is 4.40. The van der Waals surface area contributed by atoms with Crippen molar-refractivity contribution < 1.29 is 13.2 Å². The zero-order valence-electron chi connectivity index (χ0n) is 10.2. The van der Waals surface area contributed by atoms with E-state index >= 15 is 0 Å². The highest BCUT2D eigenvalue weighted by Crippen LogP contribution is 2.33. The summed E-state index contributed by atoms with van der Waals surface area (Å²) >= 11 is 0. The van der Waals surface area contributed by atoms with Crippen LogP contribution in [0, 0.1) is 5.41 Å². The highest BCUT2D eigenvalue weighted by Gasteiger charge is 2.34. The SMILES string of the molecule is N=C(N)CCN(c1cccc(C(F)(F)F)n1)C1CC1. The molecule has 0 saturated heterocycles. The molecule has 1 aliphatic rings. The first-order valence-electron chi connectivity index (χ1n) is 6.01. The maximum atomic E-state index is 12.6. The van der Waals surface area contributed by atoms with Crippen LogP contribution in [0.1, 0.15) is 25.0 Å². The molecular weight excluding hydrogens is 257 g/mol. The average molecular weight is 272 g/mol. The third-order valence-electron chi connectivity index (χ3n) is 2.93. The van der Waals surface area contributed by atoms with Gasteiger partial charge in [0.2, 0.25) is 0 Å². The van der Waals surface area contributed by atoms with Gasteiger partial charge < -0.3 is 10.6 Å². The summed E-state index contributed by atoms with van der Waals surface area (Å²) in [6.07, 6.45) is -2.23. The monoisotopic (exact) mass is 272 g/mol. The minimum absolute atomic E-state index is 0.0256. The van der Waals surface area contributed by atoms with E-state index in [9.17, 15) is 13.2 Å². The molecule has 0 atom stereocenters. The number of alkyl halides is 3. The van der Waals surface area contributed by atoms with E-state index in [2.05, 4.69) is 4.98 Å². The molecule has 0 aromatic carbocycles. The average Bonchev–Trinajstić information content (AvgIpc) is 3.13. The number of aromatic nitrogens is 1. The largest absolute Gasteiger partial charge is 0.433 e. The lowest BCUT2D eigenvalue weighted by molar-refractivity contribution is -0.141. The number of halogens is 3. The summed E-state index contributed by atoms with van der Waals surface area (Å²) in [4.78, 5) is 5.48. The van der Waals surface area contributed by atoms with Crippen LogP contribution >= 0.6 is 0 Å². The van der Waals surface area contributed by atoms with Gasteiger partial charge in [-0.2, -0.15) is 13.2 Å². The fourth-order valence-corrected chi connectivity index (χ4v) is 1.85. The van der Waals surface area contributed by atoms with Crippen molar-refractivity contribution in [2.24, 2.45) is 5.73 Å². The lowest BCUT2D eigenvalue weighted by atomic mass is 10.3. The minimum Gasteiger partial charge on any atom is -0.388 e. The normalized spacial score (nSPS) is 15.3. The number of nitrogens with zero attached hydrogens (tertiary/aromatic N) is 2. The second-order valence-corrected chi connectivity index (χ2v) is 4.58. The van der Waals surface area contributed by atoms with Crippen molar-refractivity contribution in [1.29, 1.82) is 5.41 Å². The second-order valence-electron chi connectivity index (χ2n) is 4.58. The first-order chi connectivity index (χ1) is 8.88. The fourth-order valence-electron chi connectivity index (χ4n) is 1.85. The van der Waals surface area contributed by atoms with E-state index < -0.39 is 11.9 Å². The minimum atomic E-state index is -4.44. The summed E-state index contributed by atoms with van der Waals surface area (Å²) in [5, 5.41) is 7.20. The Balaban J connectivity index is 2.19. The number of nitrogens with two attached hydrogens (primary N) is 1. The van der Waals surface area contributed by atoms with Gasteiger partial charge in [0.05, 0.1) is 5.84 Å². The molecule has 1 saturated carbocycles. The van der Waals surface area contributed by atoms with Crippen LogP contribution in [0.25, 0.3) is 0 Å². The van der Waals surface area contributed by atoms with E-state index in [1.165, 1.54) is 6.07 Å². The van der Waals surface area contributed by atoms with Gasteiger partial charge in [0, 0.05) is 19.0 Å². The molecule has 1 aromatic heterocycles. The van der Waals surface area contributed by atoms with E-state index in [0.29, 0.717) is 18.8 Å². The van der Waals surface area contributed by atoms with Gasteiger partial charge in [-0.05, 0) is 25.0 Å². The first kappa shape index (κ1) is 13.6. The summed E-state index contributed by atoms with van der Waals surface area (Å²) in [7, 11) is 0. The lowest BCUT2D eigenvalue weighted by Crippen LogP contribution is -2.31. The Labute approximate surface area is 108 Å². The van der Waals surface area contributed by atoms with Crippen molar-refractivity contribution >= 4 is 11.7 Å². The number of hydrogen-bond acceptors (Lipinski definition) is 3. The summed E-state index contributed by atoms with van der Waals surface area (Å²) in [5.74, 6) is 0.330. The predicted octanol–water partition coefficient (Wildman–Crippen LogP) is 2.40. The standard InChI is InChI=1S/C12H15F3N4/c13-12(14,15)9-2-1-3-11(18-9)19(8-4-5-8)7-6-10(16)17/h1-3,8H,4-7H2,(H3,16,17). The lowest BCUT2D eigenvalue weighted by Gasteiger charge is -2.24. The molecular formula is C12H15F3N4. The van der Waals surface area contributed by atoms with Gasteiger partial charge in [0.1, 0.15) is 11.5 Å². The fraction of sp³-hybridized carbons (Fsp3) is 0.500. The van der Waals surface area contributed by atoms with Crippen LogP contribution in [0.3, 0.4) is 0 Å². The predicted molar refractivity (Wildman–Crippen MR) is 66.1 cm³/mol. The number of pyridine rings is 1. The van der Waals surface area contributed by atoms with Gasteiger partial charge in [0.15, 0.2) is 0 Å². The van der Waals surface area contributed by atoms with Gasteiger partial charge in [-0.1, -0.05) is 6.07 Å². The van der Waals surface area contributed by atoms with Crippen LogP contribution in [-0.4, -0.2) is 23.4 Å². The van der Waals surface area contributed by atoms with Crippen LogP contribution in [0.5, 0.6) is 0 Å². The third-order valence-corrected chi connectivity index (χ3v) is 2.93. The van der Waals surface area contributed by atoms with Crippen LogP contribution in [0.15, 0.2) is 18.2 Å². The van der Waals surface area contributed by atoms with Crippen LogP contribution in [-0.2, 0) is 6.18 Å². The van der Waals surface area contributed by atoms with Crippen LogP contribution in [0.4, 0.5) is 19.0 Å². The molecule has 1 aromatic rings. The smallest absolute Gasteiger partial charge is 0.388 e. The Kier molecular flexibility index (Phi) is 3.64. The molecule has 0 aliphatic heterocycles. The molecule has 1 heterocycles. The molecule has 0 unspecified atom stereocenters. The van der Waals surface area contributed by atoms with E-state index in [1.54, 1.807) is 11.0 Å². The number of anilines is 1. The summed E-state index contributed by atoms with van der Waals surface area (Å²) in [6, 6.07) is 4.09. The van der Waals surface area contributed by atoms with Crippen LogP contribution < -0.4 is 10.6 Å². The molecule has 1 aliphatic carbocycles. The zero-order chi connectivity index (χ0) is 14.0. The Hall–Kier alpha value is -1.79. The van der Waals surface area contributed by atoms with Crippen molar-refractivity contribution in [3.05, 3.63) is 23.9 Å². The zero-order valence-corrected chi connectivity index (χ0v) is 10.2. The molecule has 4 nitrogen and oxygen atoms in total.